The second-order valence-corrected chi connectivity index (χ2v) is 3.78. The Morgan fingerprint density at radius 3 is 2.83 bits per heavy atom. The highest BCUT2D eigenvalue weighted by atomic mass is 16.6. The molecule has 1 atom stereocenters. The molecular weight excluding hydrogens is 154 g/mol. The van der Waals surface area contributed by atoms with Gasteiger partial charge in [0.2, 0.25) is 0 Å². The molecule has 0 aliphatic carbocycles. The minimum atomic E-state index is -0.0849. The third-order valence-electron chi connectivity index (χ3n) is 2.60. The third-order valence-corrected chi connectivity index (χ3v) is 2.60. The number of rotatable bonds is 3. The highest BCUT2D eigenvalue weighted by molar-refractivity contribution is 4.93. The lowest BCUT2D eigenvalue weighted by atomic mass is 10.1. The van der Waals surface area contributed by atoms with Gasteiger partial charge in [0, 0.05) is 6.04 Å². The summed E-state index contributed by atoms with van der Waals surface area (Å²) in [4.78, 5) is 0. The molecule has 12 heavy (non-hydrogen) atoms. The fourth-order valence-electron chi connectivity index (χ4n) is 1.78. The average Bonchev–Trinajstić information content (AvgIpc) is 2.44. The Bertz CT molecular complexity index is 155. The van der Waals surface area contributed by atoms with E-state index in [1.165, 1.54) is 19.3 Å². The molecule has 3 nitrogen and oxygen atoms in total. The second-order valence-electron chi connectivity index (χ2n) is 3.78. The first-order chi connectivity index (χ1) is 5.85. The average molecular weight is 171 g/mol. The number of unbranched alkanes of at least 4 members (excludes halogenated alkanes) is 1. The zero-order valence-corrected chi connectivity index (χ0v) is 7.64. The van der Waals surface area contributed by atoms with Crippen molar-refractivity contribution in [3.8, 4) is 0 Å². The van der Waals surface area contributed by atoms with Crippen LogP contribution in [0.3, 0.4) is 0 Å². The molecule has 2 aliphatic heterocycles. The van der Waals surface area contributed by atoms with Gasteiger partial charge in [-0.25, -0.2) is 0 Å². The van der Waals surface area contributed by atoms with E-state index < -0.39 is 0 Å². The highest BCUT2D eigenvalue weighted by Crippen LogP contribution is 2.25. The summed E-state index contributed by atoms with van der Waals surface area (Å²) in [6.45, 7) is 4.55. The van der Waals surface area contributed by atoms with Crippen molar-refractivity contribution >= 4 is 0 Å². The second kappa shape index (κ2) is 3.32. The fourth-order valence-corrected chi connectivity index (χ4v) is 1.78. The molecule has 0 aromatic heterocycles. The smallest absolute Gasteiger partial charge is 0.166 e. The molecule has 70 valence electrons. The first kappa shape index (κ1) is 8.48. The van der Waals surface area contributed by atoms with Crippen molar-refractivity contribution in [3.63, 3.8) is 0 Å². The van der Waals surface area contributed by atoms with Crippen LogP contribution in [0, 0.1) is 0 Å². The molecule has 2 fully saturated rings. The van der Waals surface area contributed by atoms with E-state index in [4.69, 9.17) is 9.47 Å². The van der Waals surface area contributed by atoms with Gasteiger partial charge in [0.15, 0.2) is 5.72 Å². The maximum Gasteiger partial charge on any atom is 0.166 e. The molecule has 2 heterocycles. The van der Waals surface area contributed by atoms with Crippen LogP contribution < -0.4 is 5.32 Å². The molecule has 0 aromatic rings. The molecule has 0 radical (unpaired) electrons. The van der Waals surface area contributed by atoms with Gasteiger partial charge in [-0.1, -0.05) is 19.8 Å². The van der Waals surface area contributed by atoms with Crippen LogP contribution in [-0.2, 0) is 9.47 Å². The van der Waals surface area contributed by atoms with Gasteiger partial charge in [0.25, 0.3) is 0 Å². The number of hydrogen-bond donors (Lipinski definition) is 1. The zero-order valence-electron chi connectivity index (χ0n) is 7.64. The van der Waals surface area contributed by atoms with Gasteiger partial charge in [0.05, 0.1) is 19.8 Å². The highest BCUT2D eigenvalue weighted by Gasteiger charge is 2.45. The van der Waals surface area contributed by atoms with Crippen LogP contribution in [0.5, 0.6) is 0 Å². The Kier molecular flexibility index (Phi) is 2.35. The first-order valence-corrected chi connectivity index (χ1v) is 4.84. The van der Waals surface area contributed by atoms with Crippen LogP contribution in [-0.4, -0.2) is 31.6 Å². The van der Waals surface area contributed by atoms with Gasteiger partial charge < -0.3 is 9.47 Å². The topological polar surface area (TPSA) is 30.5 Å². The largest absolute Gasteiger partial charge is 0.372 e. The normalized spacial score (nSPS) is 32.2. The number of hydrogen-bond acceptors (Lipinski definition) is 3. The van der Waals surface area contributed by atoms with Crippen molar-refractivity contribution in [2.45, 2.75) is 38.0 Å². The molecule has 2 saturated heterocycles. The molecule has 1 spiro atoms. The Morgan fingerprint density at radius 1 is 1.50 bits per heavy atom. The lowest BCUT2D eigenvalue weighted by molar-refractivity contribution is -0.195. The van der Waals surface area contributed by atoms with Crippen molar-refractivity contribution < 1.29 is 9.47 Å². The van der Waals surface area contributed by atoms with Gasteiger partial charge >= 0.3 is 0 Å². The fraction of sp³-hybridized carbons (Fsp3) is 1.00. The first-order valence-electron chi connectivity index (χ1n) is 4.84. The Balaban J connectivity index is 1.74. The summed E-state index contributed by atoms with van der Waals surface area (Å²) in [5, 5.41) is 3.49. The van der Waals surface area contributed by atoms with Crippen LogP contribution in [0.25, 0.3) is 0 Å². The SMILES string of the molecule is CCCC[C@@H]1COC2(COC2)N1. The maximum atomic E-state index is 5.65. The van der Waals surface area contributed by atoms with E-state index in [2.05, 4.69) is 12.2 Å². The third kappa shape index (κ3) is 1.49. The summed E-state index contributed by atoms with van der Waals surface area (Å²) in [6.07, 6.45) is 3.79. The van der Waals surface area contributed by atoms with E-state index in [0.717, 1.165) is 19.8 Å². The summed E-state index contributed by atoms with van der Waals surface area (Å²) >= 11 is 0. The van der Waals surface area contributed by atoms with Gasteiger partial charge in [0.1, 0.15) is 0 Å². The van der Waals surface area contributed by atoms with E-state index in [-0.39, 0.29) is 5.72 Å². The van der Waals surface area contributed by atoms with E-state index in [9.17, 15) is 0 Å². The summed E-state index contributed by atoms with van der Waals surface area (Å²) in [6, 6.07) is 0.564. The van der Waals surface area contributed by atoms with Gasteiger partial charge in [-0.05, 0) is 6.42 Å². The Morgan fingerprint density at radius 2 is 2.33 bits per heavy atom. The lowest BCUT2D eigenvalue weighted by Crippen LogP contribution is -2.59. The standard InChI is InChI=1S/C9H17NO2/c1-2-3-4-8-5-12-9(10-8)6-11-7-9/h8,10H,2-7H2,1H3/t8-/m1/s1. The molecule has 1 N–H and O–H groups in total. The molecule has 0 unspecified atom stereocenters. The molecule has 0 saturated carbocycles. The lowest BCUT2D eigenvalue weighted by Gasteiger charge is -2.37. The number of ether oxygens (including phenoxy) is 2. The maximum absolute atomic E-state index is 5.65. The molecule has 0 bridgehead atoms. The quantitative estimate of drug-likeness (QED) is 0.684. The van der Waals surface area contributed by atoms with Crippen molar-refractivity contribution in [3.05, 3.63) is 0 Å². The van der Waals surface area contributed by atoms with E-state index in [0.29, 0.717) is 6.04 Å². The summed E-state index contributed by atoms with van der Waals surface area (Å²) in [5.74, 6) is 0. The van der Waals surface area contributed by atoms with Crippen LogP contribution >= 0.6 is 0 Å². The minimum Gasteiger partial charge on any atom is -0.372 e. The minimum absolute atomic E-state index is 0.0849. The monoisotopic (exact) mass is 171 g/mol. The van der Waals surface area contributed by atoms with Crippen molar-refractivity contribution in [2.24, 2.45) is 0 Å². The molecule has 2 rings (SSSR count). The Hall–Kier alpha value is -0.120. The Labute approximate surface area is 73.4 Å². The predicted molar refractivity (Wildman–Crippen MR) is 46.0 cm³/mol. The van der Waals surface area contributed by atoms with Gasteiger partial charge in [-0.15, -0.1) is 0 Å². The summed E-state index contributed by atoms with van der Waals surface area (Å²) in [7, 11) is 0. The van der Waals surface area contributed by atoms with Crippen LogP contribution in [0.2, 0.25) is 0 Å². The molecule has 3 heteroatoms. The van der Waals surface area contributed by atoms with Crippen LogP contribution in [0.15, 0.2) is 0 Å². The van der Waals surface area contributed by atoms with Crippen molar-refractivity contribution in [1.82, 2.24) is 5.32 Å². The summed E-state index contributed by atoms with van der Waals surface area (Å²) in [5.41, 5.74) is -0.0849. The van der Waals surface area contributed by atoms with Gasteiger partial charge in [-0.2, -0.15) is 0 Å². The van der Waals surface area contributed by atoms with E-state index in [1.54, 1.807) is 0 Å². The van der Waals surface area contributed by atoms with Crippen LogP contribution in [0.4, 0.5) is 0 Å². The summed E-state index contributed by atoms with van der Waals surface area (Å²) < 4.78 is 10.8. The zero-order chi connectivity index (χ0) is 8.44. The van der Waals surface area contributed by atoms with Crippen molar-refractivity contribution in [1.29, 1.82) is 0 Å². The molecule has 2 aliphatic rings. The molecule has 0 amide bonds. The number of nitrogens with one attached hydrogen (secondary N) is 1. The van der Waals surface area contributed by atoms with Crippen LogP contribution in [0.1, 0.15) is 26.2 Å². The molecule has 0 aromatic carbocycles. The van der Waals surface area contributed by atoms with E-state index >= 15 is 0 Å². The van der Waals surface area contributed by atoms with Gasteiger partial charge in [-0.3, -0.25) is 5.32 Å². The molecular formula is C9H17NO2. The predicted octanol–water partition coefficient (Wildman–Crippen LogP) is 0.891. The van der Waals surface area contributed by atoms with E-state index in [1.807, 2.05) is 0 Å². The van der Waals surface area contributed by atoms with Crippen molar-refractivity contribution in [2.75, 3.05) is 19.8 Å².